The molecule has 3 rings (SSSR count). The van der Waals surface area contributed by atoms with E-state index in [2.05, 4.69) is 20.3 Å². The topological polar surface area (TPSA) is 67.8 Å². The van der Waals surface area contributed by atoms with Crippen molar-refractivity contribution in [1.82, 2.24) is 20.3 Å². The molecule has 2 aromatic heterocycles. The van der Waals surface area contributed by atoms with Crippen molar-refractivity contribution in [1.29, 1.82) is 0 Å². The summed E-state index contributed by atoms with van der Waals surface area (Å²) in [5, 5.41) is 3.53. The van der Waals surface area contributed by atoms with Crippen LogP contribution in [0.2, 0.25) is 0 Å². The molecule has 120 valence electrons. The molecule has 0 radical (unpaired) electrons. The minimum atomic E-state index is -0.203. The molecule has 0 atom stereocenters. The van der Waals surface area contributed by atoms with Gasteiger partial charge in [-0.2, -0.15) is 0 Å². The highest BCUT2D eigenvalue weighted by Gasteiger charge is 2.16. The predicted molar refractivity (Wildman–Crippen MR) is 94.7 cm³/mol. The maximum absolute atomic E-state index is 12.6. The molecule has 0 saturated carbocycles. The van der Waals surface area contributed by atoms with Crippen LogP contribution in [0, 0.1) is 0 Å². The van der Waals surface area contributed by atoms with Crippen LogP contribution in [0.25, 0.3) is 11.3 Å². The van der Waals surface area contributed by atoms with Gasteiger partial charge in [0.15, 0.2) is 5.16 Å². The SMILES string of the molecule is CSc1ncc(C(=O)NCc2cccnc2)c(-c2ccccc2)n1. The maximum atomic E-state index is 12.6. The number of nitrogens with zero attached hydrogens (tertiary/aromatic N) is 3. The normalized spacial score (nSPS) is 10.4. The van der Waals surface area contributed by atoms with Crippen LogP contribution in [-0.2, 0) is 6.54 Å². The summed E-state index contributed by atoms with van der Waals surface area (Å²) < 4.78 is 0. The lowest BCUT2D eigenvalue weighted by Crippen LogP contribution is -2.24. The van der Waals surface area contributed by atoms with Crippen LogP contribution < -0.4 is 5.32 Å². The van der Waals surface area contributed by atoms with E-state index in [0.717, 1.165) is 11.1 Å². The Bertz CT molecular complexity index is 825. The van der Waals surface area contributed by atoms with Gasteiger partial charge in [-0.3, -0.25) is 9.78 Å². The Morgan fingerprint density at radius 3 is 2.67 bits per heavy atom. The van der Waals surface area contributed by atoms with Crippen LogP contribution in [0.15, 0.2) is 66.2 Å². The summed E-state index contributed by atoms with van der Waals surface area (Å²) in [6, 6.07) is 13.4. The van der Waals surface area contributed by atoms with Gasteiger partial charge in [0.2, 0.25) is 0 Å². The predicted octanol–water partition coefficient (Wildman–Crippen LogP) is 3.19. The number of carbonyl (C=O) groups excluding carboxylic acids is 1. The molecule has 0 spiro atoms. The van der Waals surface area contributed by atoms with Crippen LogP contribution in [0.1, 0.15) is 15.9 Å². The molecule has 0 saturated heterocycles. The highest BCUT2D eigenvalue weighted by molar-refractivity contribution is 7.98. The van der Waals surface area contributed by atoms with E-state index in [0.29, 0.717) is 23.0 Å². The molecule has 5 nitrogen and oxygen atoms in total. The third kappa shape index (κ3) is 3.78. The van der Waals surface area contributed by atoms with Crippen LogP contribution in [0.3, 0.4) is 0 Å². The van der Waals surface area contributed by atoms with E-state index in [4.69, 9.17) is 0 Å². The quantitative estimate of drug-likeness (QED) is 0.572. The van der Waals surface area contributed by atoms with Crippen LogP contribution in [0.4, 0.5) is 0 Å². The molecule has 24 heavy (non-hydrogen) atoms. The molecule has 0 aliphatic rings. The smallest absolute Gasteiger partial charge is 0.255 e. The van der Waals surface area contributed by atoms with Gasteiger partial charge in [0, 0.05) is 30.7 Å². The number of thioether (sulfide) groups is 1. The molecular weight excluding hydrogens is 320 g/mol. The average molecular weight is 336 g/mol. The standard InChI is InChI=1S/C18H16N4OS/c1-24-18-21-12-15(16(22-18)14-7-3-2-4-8-14)17(23)20-11-13-6-5-9-19-10-13/h2-10,12H,11H2,1H3,(H,20,23). The van der Waals surface area contributed by atoms with Crippen molar-refractivity contribution < 1.29 is 4.79 Å². The summed E-state index contributed by atoms with van der Waals surface area (Å²) >= 11 is 1.45. The fraction of sp³-hybridized carbons (Fsp3) is 0.111. The number of hydrogen-bond acceptors (Lipinski definition) is 5. The average Bonchev–Trinajstić information content (AvgIpc) is 2.67. The first-order valence-electron chi connectivity index (χ1n) is 7.41. The van der Waals surface area contributed by atoms with Gasteiger partial charge < -0.3 is 5.32 Å². The van der Waals surface area contributed by atoms with Crippen molar-refractivity contribution >= 4 is 17.7 Å². The second-order valence-electron chi connectivity index (χ2n) is 5.03. The van der Waals surface area contributed by atoms with E-state index in [9.17, 15) is 4.79 Å². The summed E-state index contributed by atoms with van der Waals surface area (Å²) in [6.45, 7) is 0.408. The first-order chi connectivity index (χ1) is 11.8. The summed E-state index contributed by atoms with van der Waals surface area (Å²) in [5.74, 6) is -0.203. The van der Waals surface area contributed by atoms with Crippen LogP contribution >= 0.6 is 11.8 Å². The molecule has 0 fully saturated rings. The maximum Gasteiger partial charge on any atom is 0.255 e. The van der Waals surface area contributed by atoms with Crippen molar-refractivity contribution in [2.45, 2.75) is 11.7 Å². The first kappa shape index (κ1) is 16.1. The van der Waals surface area contributed by atoms with E-state index >= 15 is 0 Å². The number of amides is 1. The van der Waals surface area contributed by atoms with Gasteiger partial charge in [0.1, 0.15) is 0 Å². The number of aromatic nitrogens is 3. The molecule has 0 unspecified atom stereocenters. The summed E-state index contributed by atoms with van der Waals surface area (Å²) in [6.07, 6.45) is 6.92. The van der Waals surface area contributed by atoms with Gasteiger partial charge in [-0.1, -0.05) is 48.2 Å². The molecular formula is C18H16N4OS. The largest absolute Gasteiger partial charge is 0.348 e. The highest BCUT2D eigenvalue weighted by atomic mass is 32.2. The minimum Gasteiger partial charge on any atom is -0.348 e. The molecule has 2 heterocycles. The lowest BCUT2D eigenvalue weighted by Gasteiger charge is -2.10. The fourth-order valence-corrected chi connectivity index (χ4v) is 2.57. The van der Waals surface area contributed by atoms with Gasteiger partial charge in [0.25, 0.3) is 5.91 Å². The molecule has 1 aromatic carbocycles. The third-order valence-corrected chi connectivity index (χ3v) is 3.98. The van der Waals surface area contributed by atoms with Crippen LogP contribution in [0.5, 0.6) is 0 Å². The fourth-order valence-electron chi connectivity index (χ4n) is 2.23. The Morgan fingerprint density at radius 2 is 1.96 bits per heavy atom. The first-order valence-corrected chi connectivity index (χ1v) is 8.64. The lowest BCUT2D eigenvalue weighted by atomic mass is 10.1. The van der Waals surface area contributed by atoms with Crippen molar-refractivity contribution in [2.75, 3.05) is 6.26 Å². The molecule has 1 amide bonds. The summed E-state index contributed by atoms with van der Waals surface area (Å²) in [7, 11) is 0. The monoisotopic (exact) mass is 336 g/mol. The van der Waals surface area contributed by atoms with E-state index in [-0.39, 0.29) is 5.91 Å². The van der Waals surface area contributed by atoms with E-state index in [1.54, 1.807) is 18.6 Å². The Kier molecular flexibility index (Phi) is 5.18. The van der Waals surface area contributed by atoms with Crippen molar-refractivity contribution in [3.05, 3.63) is 72.2 Å². The van der Waals surface area contributed by atoms with Crippen LogP contribution in [-0.4, -0.2) is 27.1 Å². The van der Waals surface area contributed by atoms with Gasteiger partial charge in [-0.25, -0.2) is 9.97 Å². The number of rotatable bonds is 5. The second-order valence-corrected chi connectivity index (χ2v) is 5.80. The second kappa shape index (κ2) is 7.70. The van der Waals surface area contributed by atoms with E-state index in [1.165, 1.54) is 11.8 Å². The summed E-state index contributed by atoms with van der Waals surface area (Å²) in [5.41, 5.74) is 2.93. The molecule has 0 aliphatic carbocycles. The molecule has 6 heteroatoms. The molecule has 3 aromatic rings. The molecule has 1 N–H and O–H groups in total. The Hall–Kier alpha value is -2.73. The zero-order valence-electron chi connectivity index (χ0n) is 13.1. The zero-order chi connectivity index (χ0) is 16.8. The minimum absolute atomic E-state index is 0.203. The number of hydrogen-bond donors (Lipinski definition) is 1. The van der Waals surface area contributed by atoms with E-state index in [1.807, 2.05) is 48.7 Å². The molecule has 0 bridgehead atoms. The molecule has 0 aliphatic heterocycles. The number of carbonyl (C=O) groups is 1. The van der Waals surface area contributed by atoms with Crippen molar-refractivity contribution in [3.8, 4) is 11.3 Å². The third-order valence-electron chi connectivity index (χ3n) is 3.42. The van der Waals surface area contributed by atoms with Gasteiger partial charge in [-0.15, -0.1) is 0 Å². The Labute approximate surface area is 144 Å². The lowest BCUT2D eigenvalue weighted by molar-refractivity contribution is 0.0950. The van der Waals surface area contributed by atoms with Crippen molar-refractivity contribution in [2.24, 2.45) is 0 Å². The van der Waals surface area contributed by atoms with Gasteiger partial charge >= 0.3 is 0 Å². The zero-order valence-corrected chi connectivity index (χ0v) is 14.0. The number of benzene rings is 1. The number of nitrogens with one attached hydrogen (secondary N) is 1. The van der Waals surface area contributed by atoms with E-state index < -0.39 is 0 Å². The Morgan fingerprint density at radius 1 is 1.12 bits per heavy atom. The van der Waals surface area contributed by atoms with Gasteiger partial charge in [-0.05, 0) is 17.9 Å². The van der Waals surface area contributed by atoms with Gasteiger partial charge in [0.05, 0.1) is 11.3 Å². The number of pyridine rings is 1. The Balaban J connectivity index is 1.88. The highest BCUT2D eigenvalue weighted by Crippen LogP contribution is 2.23. The summed E-state index contributed by atoms with van der Waals surface area (Å²) in [4.78, 5) is 25.4. The van der Waals surface area contributed by atoms with Crippen molar-refractivity contribution in [3.63, 3.8) is 0 Å².